The molecule has 5 heteroatoms. The van der Waals surface area contributed by atoms with Gasteiger partial charge in [-0.3, -0.25) is 4.79 Å². The van der Waals surface area contributed by atoms with Crippen molar-refractivity contribution in [3.8, 4) is 0 Å². The maximum atomic E-state index is 12.6. The molecule has 0 bridgehead atoms. The molecule has 0 aromatic carbocycles. The van der Waals surface area contributed by atoms with Gasteiger partial charge in [-0.05, 0) is 57.0 Å². The summed E-state index contributed by atoms with van der Waals surface area (Å²) in [5.41, 5.74) is 0. The van der Waals surface area contributed by atoms with Gasteiger partial charge >= 0.3 is 0 Å². The topological polar surface area (TPSA) is 41.6 Å². The second-order valence-electron chi connectivity index (χ2n) is 6.76. The van der Waals surface area contributed by atoms with Crippen LogP contribution in [0.3, 0.4) is 0 Å². The molecule has 0 radical (unpaired) electrons. The third-order valence-electron chi connectivity index (χ3n) is 5.49. The summed E-state index contributed by atoms with van der Waals surface area (Å²) in [5.74, 6) is 1.61. The average Bonchev–Trinajstić information content (AvgIpc) is 2.96. The fraction of sp³-hybridized carbons (Fsp3) is 0.938. The van der Waals surface area contributed by atoms with E-state index in [1.54, 1.807) is 0 Å². The van der Waals surface area contributed by atoms with Gasteiger partial charge < -0.3 is 15.0 Å². The number of nitrogens with zero attached hydrogens (tertiary/aromatic N) is 1. The predicted octanol–water partition coefficient (Wildman–Crippen LogP) is 2.21. The zero-order valence-electron chi connectivity index (χ0n) is 13.1. The minimum atomic E-state index is 0. The molecule has 2 aliphatic heterocycles. The first kappa shape index (κ1) is 17.0. The lowest BCUT2D eigenvalue weighted by Crippen LogP contribution is -2.51. The van der Waals surface area contributed by atoms with E-state index in [0.29, 0.717) is 24.0 Å². The van der Waals surface area contributed by atoms with Gasteiger partial charge in [0.15, 0.2) is 0 Å². The number of carbonyl (C=O) groups excluding carboxylic acids is 1. The Morgan fingerprint density at radius 3 is 2.81 bits per heavy atom. The highest BCUT2D eigenvalue weighted by atomic mass is 35.5. The number of rotatable bonds is 3. The Hall–Kier alpha value is -0.320. The van der Waals surface area contributed by atoms with Gasteiger partial charge in [0.25, 0.3) is 0 Å². The summed E-state index contributed by atoms with van der Waals surface area (Å²) >= 11 is 0. The first-order valence-corrected chi connectivity index (χ1v) is 8.37. The van der Waals surface area contributed by atoms with Gasteiger partial charge in [-0.2, -0.15) is 0 Å². The third-order valence-corrected chi connectivity index (χ3v) is 5.49. The highest BCUT2D eigenvalue weighted by Crippen LogP contribution is 2.31. The van der Waals surface area contributed by atoms with Crippen LogP contribution in [0, 0.1) is 11.8 Å². The SMILES string of the molecule is CC(CC(=O)N1CCOC2CCCC21)C1CCNCC1.Cl. The molecule has 0 aromatic heterocycles. The molecule has 122 valence electrons. The molecule has 1 N–H and O–H groups in total. The van der Waals surface area contributed by atoms with Crippen LogP contribution in [-0.4, -0.2) is 49.2 Å². The van der Waals surface area contributed by atoms with E-state index >= 15 is 0 Å². The van der Waals surface area contributed by atoms with Crippen molar-refractivity contribution in [2.75, 3.05) is 26.2 Å². The number of carbonyl (C=O) groups is 1. The van der Waals surface area contributed by atoms with Gasteiger partial charge in [0.05, 0.1) is 18.8 Å². The molecule has 1 saturated carbocycles. The van der Waals surface area contributed by atoms with Crippen molar-refractivity contribution in [2.45, 2.75) is 57.6 Å². The molecule has 2 saturated heterocycles. The molecule has 3 unspecified atom stereocenters. The van der Waals surface area contributed by atoms with Crippen LogP contribution in [0.15, 0.2) is 0 Å². The van der Waals surface area contributed by atoms with E-state index in [9.17, 15) is 4.79 Å². The number of amides is 1. The largest absolute Gasteiger partial charge is 0.374 e. The Bertz CT molecular complexity index is 347. The fourth-order valence-electron chi connectivity index (χ4n) is 4.21. The molecule has 0 aromatic rings. The van der Waals surface area contributed by atoms with Crippen molar-refractivity contribution in [2.24, 2.45) is 11.8 Å². The van der Waals surface area contributed by atoms with Crippen LogP contribution in [0.2, 0.25) is 0 Å². The molecule has 1 amide bonds. The van der Waals surface area contributed by atoms with Crippen molar-refractivity contribution >= 4 is 18.3 Å². The lowest BCUT2D eigenvalue weighted by atomic mass is 9.84. The quantitative estimate of drug-likeness (QED) is 0.868. The predicted molar refractivity (Wildman–Crippen MR) is 85.7 cm³/mol. The number of hydrogen-bond donors (Lipinski definition) is 1. The molecule has 3 rings (SSSR count). The zero-order chi connectivity index (χ0) is 13.9. The minimum absolute atomic E-state index is 0. The summed E-state index contributed by atoms with van der Waals surface area (Å²) in [6.07, 6.45) is 6.99. The van der Waals surface area contributed by atoms with Crippen molar-refractivity contribution in [1.29, 1.82) is 0 Å². The van der Waals surface area contributed by atoms with Gasteiger partial charge in [0, 0.05) is 13.0 Å². The van der Waals surface area contributed by atoms with Crippen molar-refractivity contribution in [3.63, 3.8) is 0 Å². The summed E-state index contributed by atoms with van der Waals surface area (Å²) in [6, 6.07) is 0.372. The Labute approximate surface area is 134 Å². The number of morpholine rings is 1. The maximum Gasteiger partial charge on any atom is 0.223 e. The molecule has 3 atom stereocenters. The van der Waals surface area contributed by atoms with Gasteiger partial charge in [-0.1, -0.05) is 6.92 Å². The van der Waals surface area contributed by atoms with Crippen LogP contribution in [0.1, 0.15) is 45.4 Å². The molecular weight excluding hydrogens is 288 g/mol. The summed E-state index contributed by atoms with van der Waals surface area (Å²) in [6.45, 7) is 6.03. The Balaban J connectivity index is 0.00000161. The summed E-state index contributed by atoms with van der Waals surface area (Å²) in [4.78, 5) is 14.8. The standard InChI is InChI=1S/C16H28N2O2.ClH/c1-12(13-5-7-17-8-6-13)11-16(19)18-9-10-20-15-4-2-3-14(15)18;/h12-15,17H,2-11H2,1H3;1H. The monoisotopic (exact) mass is 316 g/mol. The number of halogens is 1. The van der Waals surface area contributed by atoms with E-state index in [-0.39, 0.29) is 12.4 Å². The Kier molecular flexibility index (Phi) is 6.33. The van der Waals surface area contributed by atoms with Crippen LogP contribution >= 0.6 is 12.4 Å². The van der Waals surface area contributed by atoms with E-state index in [4.69, 9.17) is 4.74 Å². The van der Waals surface area contributed by atoms with Crippen LogP contribution in [0.5, 0.6) is 0 Å². The van der Waals surface area contributed by atoms with Crippen LogP contribution in [0.4, 0.5) is 0 Å². The highest BCUT2D eigenvalue weighted by molar-refractivity contribution is 5.85. The van der Waals surface area contributed by atoms with Gasteiger partial charge in [-0.15, -0.1) is 12.4 Å². The molecule has 1 aliphatic carbocycles. The van der Waals surface area contributed by atoms with Crippen molar-refractivity contribution in [1.82, 2.24) is 10.2 Å². The van der Waals surface area contributed by atoms with Crippen molar-refractivity contribution < 1.29 is 9.53 Å². The number of fused-ring (bicyclic) bond motifs is 1. The van der Waals surface area contributed by atoms with E-state index in [2.05, 4.69) is 17.1 Å². The Morgan fingerprint density at radius 2 is 2.05 bits per heavy atom. The van der Waals surface area contributed by atoms with Gasteiger partial charge in [-0.25, -0.2) is 0 Å². The maximum absolute atomic E-state index is 12.6. The van der Waals surface area contributed by atoms with Crippen molar-refractivity contribution in [3.05, 3.63) is 0 Å². The zero-order valence-corrected chi connectivity index (χ0v) is 13.9. The van der Waals surface area contributed by atoms with Crippen LogP contribution in [0.25, 0.3) is 0 Å². The minimum Gasteiger partial charge on any atom is -0.374 e. The average molecular weight is 317 g/mol. The number of nitrogens with one attached hydrogen (secondary N) is 1. The number of ether oxygens (including phenoxy) is 1. The summed E-state index contributed by atoms with van der Waals surface area (Å²) < 4.78 is 5.80. The Morgan fingerprint density at radius 1 is 1.29 bits per heavy atom. The van der Waals surface area contributed by atoms with Gasteiger partial charge in [0.1, 0.15) is 0 Å². The molecule has 3 fully saturated rings. The third kappa shape index (κ3) is 3.91. The van der Waals surface area contributed by atoms with Crippen LogP contribution in [-0.2, 0) is 9.53 Å². The molecule has 3 aliphatic rings. The number of hydrogen-bond acceptors (Lipinski definition) is 3. The van der Waals surface area contributed by atoms with Gasteiger partial charge in [0.2, 0.25) is 5.91 Å². The summed E-state index contributed by atoms with van der Waals surface area (Å²) in [5, 5.41) is 3.40. The first-order chi connectivity index (χ1) is 9.75. The van der Waals surface area contributed by atoms with E-state index in [1.807, 2.05) is 0 Å². The van der Waals surface area contributed by atoms with Crippen LogP contribution < -0.4 is 5.32 Å². The molecule has 21 heavy (non-hydrogen) atoms. The van der Waals surface area contributed by atoms with E-state index in [0.717, 1.165) is 51.4 Å². The molecule has 2 heterocycles. The second kappa shape index (κ2) is 7.80. The first-order valence-electron chi connectivity index (χ1n) is 8.37. The molecular formula is C16H29ClN2O2. The summed E-state index contributed by atoms with van der Waals surface area (Å²) in [7, 11) is 0. The molecule has 4 nitrogen and oxygen atoms in total. The fourth-order valence-corrected chi connectivity index (χ4v) is 4.21. The van der Waals surface area contributed by atoms with E-state index < -0.39 is 0 Å². The van der Waals surface area contributed by atoms with E-state index in [1.165, 1.54) is 19.3 Å². The highest BCUT2D eigenvalue weighted by Gasteiger charge is 2.38. The second-order valence-corrected chi connectivity index (χ2v) is 6.76. The molecule has 0 spiro atoms. The normalized spacial score (nSPS) is 31.4. The lowest BCUT2D eigenvalue weighted by Gasteiger charge is -2.39. The lowest BCUT2D eigenvalue weighted by molar-refractivity contribution is -0.145. The smallest absolute Gasteiger partial charge is 0.223 e. The number of piperidine rings is 1.